The van der Waals surface area contributed by atoms with Gasteiger partial charge in [-0.2, -0.15) is 4.98 Å². The van der Waals surface area contributed by atoms with E-state index in [1.54, 1.807) is 6.92 Å². The van der Waals surface area contributed by atoms with Crippen molar-refractivity contribution in [1.82, 2.24) is 20.3 Å². The predicted molar refractivity (Wildman–Crippen MR) is 76.5 cm³/mol. The molecule has 6 nitrogen and oxygen atoms in total. The summed E-state index contributed by atoms with van der Waals surface area (Å²) in [6.07, 6.45) is 0. The van der Waals surface area contributed by atoms with Crippen molar-refractivity contribution in [2.75, 3.05) is 0 Å². The van der Waals surface area contributed by atoms with Gasteiger partial charge in [0.05, 0.1) is 0 Å². The fraction of sp³-hybridized carbons (Fsp3) is 0.333. The molecule has 0 atom stereocenters. The van der Waals surface area contributed by atoms with Gasteiger partial charge in [0.15, 0.2) is 5.82 Å². The maximum Gasteiger partial charge on any atom is 0.257 e. The van der Waals surface area contributed by atoms with Gasteiger partial charge >= 0.3 is 0 Å². The number of hydrogen-bond acceptors (Lipinski definition) is 6. The van der Waals surface area contributed by atoms with E-state index in [4.69, 9.17) is 8.94 Å². The molecule has 6 heteroatoms. The fourth-order valence-corrected chi connectivity index (χ4v) is 1.84. The Labute approximate surface area is 122 Å². The number of aryl methyl sites for hydroxylation is 1. The minimum absolute atomic E-state index is 0.150. The summed E-state index contributed by atoms with van der Waals surface area (Å²) in [4.78, 5) is 4.45. The van der Waals surface area contributed by atoms with E-state index in [1.165, 1.54) is 0 Å². The number of benzene rings is 1. The Morgan fingerprint density at radius 1 is 1.00 bits per heavy atom. The van der Waals surface area contributed by atoms with Crippen molar-refractivity contribution >= 4 is 0 Å². The van der Waals surface area contributed by atoms with E-state index in [2.05, 4.69) is 20.3 Å². The summed E-state index contributed by atoms with van der Waals surface area (Å²) in [7, 11) is 0. The zero-order chi connectivity index (χ0) is 15.0. The smallest absolute Gasteiger partial charge is 0.257 e. The molecule has 0 radical (unpaired) electrons. The van der Waals surface area contributed by atoms with E-state index in [1.807, 2.05) is 45.0 Å². The molecule has 3 rings (SSSR count). The first-order valence-corrected chi connectivity index (χ1v) is 6.68. The Hall–Kier alpha value is -2.50. The molecule has 0 fully saturated rings. The van der Waals surface area contributed by atoms with Crippen LogP contribution in [0.5, 0.6) is 0 Å². The molecule has 0 spiro atoms. The highest BCUT2D eigenvalue weighted by molar-refractivity contribution is 5.64. The van der Waals surface area contributed by atoms with Crippen LogP contribution in [-0.4, -0.2) is 20.3 Å². The molecule has 2 aromatic heterocycles. The second-order valence-electron chi connectivity index (χ2n) is 5.88. The molecule has 3 aromatic rings. The molecular weight excluding hydrogens is 268 g/mol. The highest BCUT2D eigenvalue weighted by Crippen LogP contribution is 2.27. The van der Waals surface area contributed by atoms with Gasteiger partial charge in [0.1, 0.15) is 0 Å². The van der Waals surface area contributed by atoms with Gasteiger partial charge in [-0.1, -0.05) is 32.0 Å². The molecule has 0 unspecified atom stereocenters. The summed E-state index contributed by atoms with van der Waals surface area (Å²) in [6.45, 7) is 7.88. The van der Waals surface area contributed by atoms with Crippen LogP contribution in [0.3, 0.4) is 0 Å². The van der Waals surface area contributed by atoms with Crippen LogP contribution in [0.1, 0.15) is 32.5 Å². The Kier molecular flexibility index (Phi) is 3.08. The first-order chi connectivity index (χ1) is 9.93. The van der Waals surface area contributed by atoms with Gasteiger partial charge < -0.3 is 8.94 Å². The predicted octanol–water partition coefficient (Wildman–Crippen LogP) is 3.39. The third-order valence-corrected chi connectivity index (χ3v) is 2.98. The van der Waals surface area contributed by atoms with Gasteiger partial charge in [0.25, 0.3) is 5.89 Å². The average Bonchev–Trinajstić information content (AvgIpc) is 3.07. The summed E-state index contributed by atoms with van der Waals surface area (Å²) in [5, 5.41) is 11.9. The van der Waals surface area contributed by atoms with Crippen molar-refractivity contribution in [2.24, 2.45) is 0 Å². The van der Waals surface area contributed by atoms with Crippen LogP contribution in [0.4, 0.5) is 0 Å². The Bertz CT molecular complexity index is 768. The summed E-state index contributed by atoms with van der Waals surface area (Å²) in [5.41, 5.74) is 1.50. The highest BCUT2D eigenvalue weighted by atomic mass is 16.5. The quantitative estimate of drug-likeness (QED) is 0.717. The minimum Gasteiger partial charge on any atom is -0.421 e. The van der Waals surface area contributed by atoms with Crippen LogP contribution in [0.2, 0.25) is 0 Å². The fourth-order valence-electron chi connectivity index (χ4n) is 1.84. The Morgan fingerprint density at radius 3 is 2.29 bits per heavy atom. The third-order valence-electron chi connectivity index (χ3n) is 2.98. The molecule has 0 aliphatic carbocycles. The molecule has 1 aromatic carbocycles. The summed E-state index contributed by atoms with van der Waals surface area (Å²) in [5.74, 6) is 2.17. The van der Waals surface area contributed by atoms with Crippen LogP contribution in [0, 0.1) is 6.92 Å². The van der Waals surface area contributed by atoms with Crippen molar-refractivity contribution in [1.29, 1.82) is 0 Å². The lowest BCUT2D eigenvalue weighted by molar-refractivity contribution is 0.402. The maximum absolute atomic E-state index is 5.43. The van der Waals surface area contributed by atoms with Crippen LogP contribution in [0.15, 0.2) is 33.2 Å². The van der Waals surface area contributed by atoms with E-state index >= 15 is 0 Å². The first kappa shape index (κ1) is 13.5. The Balaban J connectivity index is 1.98. The minimum atomic E-state index is -0.150. The zero-order valence-electron chi connectivity index (χ0n) is 12.4. The second-order valence-corrected chi connectivity index (χ2v) is 5.88. The number of aromatic nitrogens is 4. The summed E-state index contributed by atoms with van der Waals surface area (Å²) < 4.78 is 10.8. The summed E-state index contributed by atoms with van der Waals surface area (Å²) in [6, 6.07) is 7.60. The van der Waals surface area contributed by atoms with Gasteiger partial charge in [-0.3, -0.25) is 0 Å². The molecule has 108 valence electrons. The van der Waals surface area contributed by atoms with Gasteiger partial charge in [-0.25, -0.2) is 0 Å². The average molecular weight is 284 g/mol. The van der Waals surface area contributed by atoms with Crippen LogP contribution in [0.25, 0.3) is 22.9 Å². The zero-order valence-corrected chi connectivity index (χ0v) is 12.4. The SMILES string of the molecule is Cc1nnc(-c2cccc(-c3nc(C(C)(C)C)no3)c2)o1. The monoisotopic (exact) mass is 284 g/mol. The van der Waals surface area contributed by atoms with Crippen molar-refractivity contribution < 1.29 is 8.94 Å². The number of rotatable bonds is 2. The molecule has 0 bridgehead atoms. The highest BCUT2D eigenvalue weighted by Gasteiger charge is 2.21. The van der Waals surface area contributed by atoms with E-state index in [-0.39, 0.29) is 5.41 Å². The molecular formula is C15H16N4O2. The lowest BCUT2D eigenvalue weighted by atomic mass is 9.96. The van der Waals surface area contributed by atoms with Crippen LogP contribution < -0.4 is 0 Å². The van der Waals surface area contributed by atoms with Gasteiger partial charge in [0, 0.05) is 23.5 Å². The molecule has 0 saturated heterocycles. The van der Waals surface area contributed by atoms with E-state index in [9.17, 15) is 0 Å². The lowest BCUT2D eigenvalue weighted by Crippen LogP contribution is -2.13. The Morgan fingerprint density at radius 2 is 1.71 bits per heavy atom. The topological polar surface area (TPSA) is 77.8 Å². The molecule has 0 amide bonds. The molecule has 0 saturated carbocycles. The third kappa shape index (κ3) is 2.69. The van der Waals surface area contributed by atoms with E-state index in [0.29, 0.717) is 23.5 Å². The van der Waals surface area contributed by atoms with Crippen molar-refractivity contribution in [3.8, 4) is 22.9 Å². The molecule has 0 aliphatic rings. The number of hydrogen-bond donors (Lipinski definition) is 0. The van der Waals surface area contributed by atoms with Gasteiger partial charge in [-0.15, -0.1) is 10.2 Å². The largest absolute Gasteiger partial charge is 0.421 e. The van der Waals surface area contributed by atoms with Crippen LogP contribution in [-0.2, 0) is 5.41 Å². The molecule has 2 heterocycles. The molecule has 0 N–H and O–H groups in total. The van der Waals surface area contributed by atoms with Gasteiger partial charge in [0.2, 0.25) is 11.8 Å². The maximum atomic E-state index is 5.43. The van der Waals surface area contributed by atoms with Gasteiger partial charge in [-0.05, 0) is 18.2 Å². The lowest BCUT2D eigenvalue weighted by Gasteiger charge is -2.10. The van der Waals surface area contributed by atoms with Crippen molar-refractivity contribution in [3.05, 3.63) is 36.0 Å². The van der Waals surface area contributed by atoms with Crippen molar-refractivity contribution in [2.45, 2.75) is 33.1 Å². The molecule has 0 aliphatic heterocycles. The van der Waals surface area contributed by atoms with Crippen molar-refractivity contribution in [3.63, 3.8) is 0 Å². The first-order valence-electron chi connectivity index (χ1n) is 6.68. The molecule has 21 heavy (non-hydrogen) atoms. The standard InChI is InChI=1S/C15H16N4O2/c1-9-17-18-13(20-9)11-7-5-6-10(8-11)12-16-14(19-21-12)15(2,3)4/h5-8H,1-4H3. The number of nitrogens with zero attached hydrogens (tertiary/aromatic N) is 4. The summed E-state index contributed by atoms with van der Waals surface area (Å²) >= 11 is 0. The normalized spacial score (nSPS) is 11.8. The van der Waals surface area contributed by atoms with E-state index in [0.717, 1.165) is 11.1 Å². The van der Waals surface area contributed by atoms with Crippen LogP contribution >= 0.6 is 0 Å². The second kappa shape index (κ2) is 4.80. The van der Waals surface area contributed by atoms with E-state index < -0.39 is 0 Å².